The van der Waals surface area contributed by atoms with E-state index >= 15 is 0 Å². The topological polar surface area (TPSA) is 59.0 Å². The summed E-state index contributed by atoms with van der Waals surface area (Å²) in [5.41, 5.74) is 3.24. The molecule has 22 heavy (non-hydrogen) atoms. The molecule has 1 aromatic carbocycles. The van der Waals surface area contributed by atoms with Gasteiger partial charge in [-0.15, -0.1) is 0 Å². The summed E-state index contributed by atoms with van der Waals surface area (Å²) in [5, 5.41) is 10.8. The van der Waals surface area contributed by atoms with Gasteiger partial charge >= 0.3 is 6.03 Å². The van der Waals surface area contributed by atoms with E-state index in [1.807, 2.05) is 42.2 Å². The molecule has 1 aliphatic rings. The van der Waals surface area contributed by atoms with Crippen LogP contribution in [0.1, 0.15) is 35.7 Å². The molecule has 116 valence electrons. The first kappa shape index (κ1) is 14.9. The highest BCUT2D eigenvalue weighted by Gasteiger charge is 2.24. The Hall–Kier alpha value is -2.01. The summed E-state index contributed by atoms with van der Waals surface area (Å²) in [6.45, 7) is 0.415. The summed E-state index contributed by atoms with van der Waals surface area (Å²) in [6, 6.07) is 7.36. The second kappa shape index (κ2) is 6.40. The van der Waals surface area contributed by atoms with Crippen LogP contribution in [-0.2, 0) is 20.0 Å². The Morgan fingerprint density at radius 1 is 1.45 bits per heavy atom. The monoisotopic (exact) mass is 318 g/mol. The van der Waals surface area contributed by atoms with Crippen LogP contribution in [0.25, 0.3) is 0 Å². The molecule has 1 unspecified atom stereocenters. The largest absolute Gasteiger partial charge is 0.334 e. The summed E-state index contributed by atoms with van der Waals surface area (Å²) < 4.78 is 1.89. The number of benzene rings is 1. The molecule has 1 atom stereocenters. The highest BCUT2D eigenvalue weighted by Crippen LogP contribution is 2.28. The van der Waals surface area contributed by atoms with Crippen molar-refractivity contribution in [3.63, 3.8) is 0 Å². The summed E-state index contributed by atoms with van der Waals surface area (Å²) in [6.07, 6.45) is 4.87. The summed E-state index contributed by atoms with van der Waals surface area (Å²) in [4.78, 5) is 12.1. The van der Waals surface area contributed by atoms with Gasteiger partial charge in [-0.25, -0.2) is 4.79 Å². The molecule has 5 nitrogen and oxygen atoms in total. The Balaban J connectivity index is 1.60. The predicted molar refractivity (Wildman–Crippen MR) is 85.7 cm³/mol. The molecule has 2 amide bonds. The SMILES string of the molecule is Cn1ncc2c1CCCC2NC(=O)NCc1ccccc1Cl. The van der Waals surface area contributed by atoms with Crippen LogP contribution in [0, 0.1) is 0 Å². The minimum atomic E-state index is -0.179. The quantitative estimate of drug-likeness (QED) is 0.914. The third kappa shape index (κ3) is 3.09. The van der Waals surface area contributed by atoms with Crippen LogP contribution >= 0.6 is 11.6 Å². The molecule has 0 radical (unpaired) electrons. The number of carbonyl (C=O) groups excluding carboxylic acids is 1. The number of nitrogens with one attached hydrogen (secondary N) is 2. The van der Waals surface area contributed by atoms with Gasteiger partial charge < -0.3 is 10.6 Å². The zero-order chi connectivity index (χ0) is 15.5. The van der Waals surface area contributed by atoms with Crippen molar-refractivity contribution in [3.05, 3.63) is 52.3 Å². The van der Waals surface area contributed by atoms with E-state index in [0.29, 0.717) is 11.6 Å². The van der Waals surface area contributed by atoms with Gasteiger partial charge in [0.15, 0.2) is 0 Å². The van der Waals surface area contributed by atoms with E-state index in [2.05, 4.69) is 15.7 Å². The van der Waals surface area contributed by atoms with Crippen LogP contribution in [0.5, 0.6) is 0 Å². The molecule has 0 saturated heterocycles. The molecular weight excluding hydrogens is 300 g/mol. The molecule has 0 spiro atoms. The normalized spacial score (nSPS) is 16.9. The van der Waals surface area contributed by atoms with Crippen molar-refractivity contribution in [1.82, 2.24) is 20.4 Å². The second-order valence-electron chi connectivity index (χ2n) is 5.53. The second-order valence-corrected chi connectivity index (χ2v) is 5.94. The molecule has 6 heteroatoms. The number of rotatable bonds is 3. The van der Waals surface area contributed by atoms with Gasteiger partial charge in [0.2, 0.25) is 0 Å². The van der Waals surface area contributed by atoms with Crippen molar-refractivity contribution < 1.29 is 4.79 Å². The maximum absolute atomic E-state index is 12.1. The summed E-state index contributed by atoms with van der Waals surface area (Å²) in [5.74, 6) is 0. The Bertz CT molecular complexity index is 683. The van der Waals surface area contributed by atoms with Gasteiger partial charge in [-0.1, -0.05) is 29.8 Å². The molecule has 2 N–H and O–H groups in total. The van der Waals surface area contributed by atoms with Crippen molar-refractivity contribution in [1.29, 1.82) is 0 Å². The van der Waals surface area contributed by atoms with Crippen LogP contribution < -0.4 is 10.6 Å². The Morgan fingerprint density at radius 3 is 3.09 bits per heavy atom. The van der Waals surface area contributed by atoms with E-state index in [-0.39, 0.29) is 12.1 Å². The molecule has 3 rings (SSSR count). The lowest BCUT2D eigenvalue weighted by Gasteiger charge is -2.24. The average Bonchev–Trinajstić information content (AvgIpc) is 2.89. The number of aryl methyl sites for hydroxylation is 1. The maximum Gasteiger partial charge on any atom is 0.315 e. The van der Waals surface area contributed by atoms with Gasteiger partial charge in [0.1, 0.15) is 0 Å². The molecular formula is C16H19ClN4O. The van der Waals surface area contributed by atoms with Crippen molar-refractivity contribution in [2.45, 2.75) is 31.8 Å². The number of hydrogen-bond donors (Lipinski definition) is 2. The number of nitrogens with zero attached hydrogens (tertiary/aromatic N) is 2. The molecule has 0 fully saturated rings. The predicted octanol–water partition coefficient (Wildman–Crippen LogP) is 2.95. The minimum Gasteiger partial charge on any atom is -0.334 e. The van der Waals surface area contributed by atoms with E-state index in [1.165, 1.54) is 5.69 Å². The highest BCUT2D eigenvalue weighted by molar-refractivity contribution is 6.31. The van der Waals surface area contributed by atoms with Crippen LogP contribution in [0.4, 0.5) is 4.79 Å². The lowest BCUT2D eigenvalue weighted by Crippen LogP contribution is -2.38. The van der Waals surface area contributed by atoms with E-state index in [0.717, 1.165) is 30.4 Å². The van der Waals surface area contributed by atoms with Crippen molar-refractivity contribution in [2.24, 2.45) is 7.05 Å². The number of amides is 2. The molecule has 1 aromatic heterocycles. The van der Waals surface area contributed by atoms with E-state index in [1.54, 1.807) is 0 Å². The Labute approximate surface area is 134 Å². The van der Waals surface area contributed by atoms with Crippen LogP contribution in [0.15, 0.2) is 30.5 Å². The summed E-state index contributed by atoms with van der Waals surface area (Å²) >= 11 is 6.09. The van der Waals surface area contributed by atoms with Crippen molar-refractivity contribution in [2.75, 3.05) is 0 Å². The number of aromatic nitrogens is 2. The van der Waals surface area contributed by atoms with E-state index < -0.39 is 0 Å². The molecule has 0 saturated carbocycles. The van der Waals surface area contributed by atoms with Gasteiger partial charge in [0.05, 0.1) is 12.2 Å². The molecule has 0 aliphatic heterocycles. The first-order valence-electron chi connectivity index (χ1n) is 7.43. The number of halogens is 1. The molecule has 1 aliphatic carbocycles. The number of hydrogen-bond acceptors (Lipinski definition) is 2. The van der Waals surface area contributed by atoms with Crippen LogP contribution in [-0.4, -0.2) is 15.8 Å². The fourth-order valence-corrected chi connectivity index (χ4v) is 3.09. The van der Waals surface area contributed by atoms with Crippen molar-refractivity contribution in [3.8, 4) is 0 Å². The molecule has 2 aromatic rings. The fraction of sp³-hybridized carbons (Fsp3) is 0.375. The van der Waals surface area contributed by atoms with Gasteiger partial charge in [0, 0.05) is 29.9 Å². The van der Waals surface area contributed by atoms with Gasteiger partial charge in [-0.2, -0.15) is 5.10 Å². The summed E-state index contributed by atoms with van der Waals surface area (Å²) in [7, 11) is 1.94. The first-order valence-corrected chi connectivity index (χ1v) is 7.81. The highest BCUT2D eigenvalue weighted by atomic mass is 35.5. The molecule has 0 bridgehead atoms. The third-order valence-electron chi connectivity index (χ3n) is 4.08. The first-order chi connectivity index (χ1) is 10.6. The average molecular weight is 319 g/mol. The fourth-order valence-electron chi connectivity index (χ4n) is 2.88. The van der Waals surface area contributed by atoms with Gasteiger partial charge in [-0.3, -0.25) is 4.68 Å². The molecule has 1 heterocycles. The number of urea groups is 1. The van der Waals surface area contributed by atoms with Gasteiger partial charge in [-0.05, 0) is 30.9 Å². The van der Waals surface area contributed by atoms with Crippen LogP contribution in [0.3, 0.4) is 0 Å². The Morgan fingerprint density at radius 2 is 2.27 bits per heavy atom. The van der Waals surface area contributed by atoms with Gasteiger partial charge in [0.25, 0.3) is 0 Å². The lowest BCUT2D eigenvalue weighted by atomic mass is 9.93. The van der Waals surface area contributed by atoms with Crippen molar-refractivity contribution >= 4 is 17.6 Å². The maximum atomic E-state index is 12.1. The third-order valence-corrected chi connectivity index (χ3v) is 4.45. The lowest BCUT2D eigenvalue weighted by molar-refractivity contribution is 0.235. The number of fused-ring (bicyclic) bond motifs is 1. The number of carbonyl (C=O) groups is 1. The standard InChI is InChI=1S/C16H19ClN4O/c1-21-15-8-4-7-14(12(15)10-19-21)20-16(22)18-9-11-5-2-3-6-13(11)17/h2-3,5-6,10,14H,4,7-9H2,1H3,(H2,18,20,22). The van der Waals surface area contributed by atoms with E-state index in [9.17, 15) is 4.79 Å². The smallest absolute Gasteiger partial charge is 0.315 e. The zero-order valence-electron chi connectivity index (χ0n) is 12.5. The Kier molecular flexibility index (Phi) is 4.34. The minimum absolute atomic E-state index is 0.0312. The van der Waals surface area contributed by atoms with E-state index in [4.69, 9.17) is 11.6 Å². The zero-order valence-corrected chi connectivity index (χ0v) is 13.2. The van der Waals surface area contributed by atoms with Crippen LogP contribution in [0.2, 0.25) is 5.02 Å².